The SMILES string of the molecule is COc1ccc(C(C)NC(=O)c2ccc(F)c(F)c2)c(OC)c1. The first kappa shape index (κ1) is 16.7. The fourth-order valence-corrected chi connectivity index (χ4v) is 2.17. The quantitative estimate of drug-likeness (QED) is 0.917. The van der Waals surface area contributed by atoms with E-state index in [1.807, 2.05) is 0 Å². The van der Waals surface area contributed by atoms with Crippen molar-refractivity contribution in [2.75, 3.05) is 14.2 Å². The van der Waals surface area contributed by atoms with Crippen LogP contribution in [0.3, 0.4) is 0 Å². The summed E-state index contributed by atoms with van der Waals surface area (Å²) < 4.78 is 36.5. The van der Waals surface area contributed by atoms with Crippen LogP contribution in [0.2, 0.25) is 0 Å². The minimum absolute atomic E-state index is 0.0447. The normalized spacial score (nSPS) is 11.7. The molecule has 2 aromatic carbocycles. The molecule has 0 aliphatic rings. The standard InChI is InChI=1S/C17H17F2NO3/c1-10(13-6-5-12(22-2)9-16(13)23-3)20-17(21)11-4-7-14(18)15(19)8-11/h4-10H,1-3H3,(H,20,21). The molecule has 0 fully saturated rings. The zero-order valence-electron chi connectivity index (χ0n) is 13.0. The summed E-state index contributed by atoms with van der Waals surface area (Å²) in [6.45, 7) is 1.77. The third-order valence-corrected chi connectivity index (χ3v) is 3.44. The van der Waals surface area contributed by atoms with E-state index in [9.17, 15) is 13.6 Å². The van der Waals surface area contributed by atoms with Gasteiger partial charge in [0, 0.05) is 17.2 Å². The first-order chi connectivity index (χ1) is 11.0. The fraction of sp³-hybridized carbons (Fsp3) is 0.235. The first-order valence-electron chi connectivity index (χ1n) is 6.94. The Morgan fingerprint density at radius 1 is 1.04 bits per heavy atom. The summed E-state index contributed by atoms with van der Waals surface area (Å²) in [6.07, 6.45) is 0. The number of ether oxygens (including phenoxy) is 2. The number of amides is 1. The summed E-state index contributed by atoms with van der Waals surface area (Å²) >= 11 is 0. The highest BCUT2D eigenvalue weighted by molar-refractivity contribution is 5.94. The van der Waals surface area contributed by atoms with Crippen molar-refractivity contribution < 1.29 is 23.0 Å². The Hall–Kier alpha value is -2.63. The smallest absolute Gasteiger partial charge is 0.251 e. The molecule has 122 valence electrons. The van der Waals surface area contributed by atoms with Crippen LogP contribution in [0.5, 0.6) is 11.5 Å². The number of hydrogen-bond donors (Lipinski definition) is 1. The van der Waals surface area contributed by atoms with Crippen molar-refractivity contribution in [3.8, 4) is 11.5 Å². The van der Waals surface area contributed by atoms with E-state index in [0.717, 1.165) is 17.7 Å². The highest BCUT2D eigenvalue weighted by atomic mass is 19.2. The lowest BCUT2D eigenvalue weighted by Gasteiger charge is -2.18. The molecule has 0 spiro atoms. The van der Waals surface area contributed by atoms with Crippen molar-refractivity contribution in [2.24, 2.45) is 0 Å². The maximum atomic E-state index is 13.2. The molecular weight excluding hydrogens is 304 g/mol. The van der Waals surface area contributed by atoms with Gasteiger partial charge in [0.1, 0.15) is 11.5 Å². The van der Waals surface area contributed by atoms with Gasteiger partial charge in [-0.1, -0.05) is 0 Å². The summed E-state index contributed by atoms with van der Waals surface area (Å²) in [5, 5.41) is 2.72. The largest absolute Gasteiger partial charge is 0.497 e. The van der Waals surface area contributed by atoms with E-state index in [4.69, 9.17) is 9.47 Å². The van der Waals surface area contributed by atoms with Crippen LogP contribution in [0, 0.1) is 11.6 Å². The van der Waals surface area contributed by atoms with E-state index < -0.39 is 23.6 Å². The van der Waals surface area contributed by atoms with E-state index in [1.165, 1.54) is 13.2 Å². The fourth-order valence-electron chi connectivity index (χ4n) is 2.17. The van der Waals surface area contributed by atoms with Crippen LogP contribution in [0.15, 0.2) is 36.4 Å². The highest BCUT2D eigenvalue weighted by Crippen LogP contribution is 2.29. The molecule has 0 aromatic heterocycles. The Balaban J connectivity index is 2.19. The van der Waals surface area contributed by atoms with Crippen LogP contribution < -0.4 is 14.8 Å². The van der Waals surface area contributed by atoms with Crippen molar-refractivity contribution in [1.82, 2.24) is 5.32 Å². The minimum atomic E-state index is -1.06. The Bertz CT molecular complexity index is 719. The van der Waals surface area contributed by atoms with Gasteiger partial charge in [0.25, 0.3) is 5.91 Å². The molecule has 0 saturated carbocycles. The van der Waals surface area contributed by atoms with Gasteiger partial charge >= 0.3 is 0 Å². The summed E-state index contributed by atoms with van der Waals surface area (Å²) in [5.41, 5.74) is 0.785. The summed E-state index contributed by atoms with van der Waals surface area (Å²) in [4.78, 5) is 12.1. The lowest BCUT2D eigenvalue weighted by molar-refractivity contribution is 0.0939. The zero-order chi connectivity index (χ0) is 17.0. The number of hydrogen-bond acceptors (Lipinski definition) is 3. The molecule has 1 amide bonds. The van der Waals surface area contributed by atoms with Gasteiger partial charge in [0.2, 0.25) is 0 Å². The monoisotopic (exact) mass is 321 g/mol. The molecule has 0 bridgehead atoms. The number of halogens is 2. The molecular formula is C17H17F2NO3. The molecule has 4 nitrogen and oxygen atoms in total. The summed E-state index contributed by atoms with van der Waals surface area (Å²) in [7, 11) is 3.06. The summed E-state index contributed by atoms with van der Waals surface area (Å²) in [6, 6.07) is 7.84. The number of benzene rings is 2. The molecule has 1 N–H and O–H groups in total. The van der Waals surface area contributed by atoms with E-state index in [0.29, 0.717) is 11.5 Å². The molecule has 0 radical (unpaired) electrons. The predicted molar refractivity (Wildman–Crippen MR) is 81.8 cm³/mol. The van der Waals surface area contributed by atoms with Gasteiger partial charge in [-0.25, -0.2) is 8.78 Å². The van der Waals surface area contributed by atoms with Crippen molar-refractivity contribution in [3.63, 3.8) is 0 Å². The predicted octanol–water partition coefficient (Wildman–Crippen LogP) is 3.47. The van der Waals surface area contributed by atoms with Crippen molar-refractivity contribution >= 4 is 5.91 Å². The molecule has 1 unspecified atom stereocenters. The molecule has 0 heterocycles. The lowest BCUT2D eigenvalue weighted by atomic mass is 10.1. The van der Waals surface area contributed by atoms with E-state index in [1.54, 1.807) is 32.2 Å². The van der Waals surface area contributed by atoms with Crippen molar-refractivity contribution in [3.05, 3.63) is 59.2 Å². The maximum Gasteiger partial charge on any atom is 0.251 e. The topological polar surface area (TPSA) is 47.6 Å². The molecule has 2 aromatic rings. The molecule has 0 saturated heterocycles. The van der Waals surface area contributed by atoms with Gasteiger partial charge < -0.3 is 14.8 Å². The Morgan fingerprint density at radius 3 is 2.39 bits per heavy atom. The maximum absolute atomic E-state index is 13.2. The van der Waals surface area contributed by atoms with Gasteiger partial charge in [0.05, 0.1) is 20.3 Å². The Kier molecular flexibility index (Phi) is 5.16. The molecule has 0 aliphatic carbocycles. The molecule has 6 heteroatoms. The third kappa shape index (κ3) is 3.77. The number of nitrogens with one attached hydrogen (secondary N) is 1. The van der Waals surface area contributed by atoms with Crippen LogP contribution in [0.4, 0.5) is 8.78 Å². The van der Waals surface area contributed by atoms with Gasteiger partial charge in [-0.2, -0.15) is 0 Å². The van der Waals surface area contributed by atoms with Gasteiger partial charge in [-0.05, 0) is 37.3 Å². The van der Waals surface area contributed by atoms with Crippen LogP contribution in [0.1, 0.15) is 28.9 Å². The lowest BCUT2D eigenvalue weighted by Crippen LogP contribution is -2.27. The number of carbonyl (C=O) groups is 1. The molecule has 1 atom stereocenters. The average Bonchev–Trinajstić information content (AvgIpc) is 2.56. The molecule has 23 heavy (non-hydrogen) atoms. The van der Waals surface area contributed by atoms with E-state index in [-0.39, 0.29) is 5.56 Å². The highest BCUT2D eigenvalue weighted by Gasteiger charge is 2.17. The van der Waals surface area contributed by atoms with Gasteiger partial charge in [0.15, 0.2) is 11.6 Å². The third-order valence-electron chi connectivity index (χ3n) is 3.44. The zero-order valence-corrected chi connectivity index (χ0v) is 13.0. The number of rotatable bonds is 5. The Morgan fingerprint density at radius 2 is 1.78 bits per heavy atom. The number of carbonyl (C=O) groups excluding carboxylic acids is 1. The van der Waals surface area contributed by atoms with E-state index >= 15 is 0 Å². The van der Waals surface area contributed by atoms with Crippen LogP contribution in [0.25, 0.3) is 0 Å². The number of methoxy groups -OCH3 is 2. The first-order valence-corrected chi connectivity index (χ1v) is 6.94. The van der Waals surface area contributed by atoms with Crippen molar-refractivity contribution in [1.29, 1.82) is 0 Å². The second kappa shape index (κ2) is 7.09. The molecule has 2 rings (SSSR count). The van der Waals surface area contributed by atoms with Gasteiger partial charge in [-0.3, -0.25) is 4.79 Å². The van der Waals surface area contributed by atoms with Crippen LogP contribution in [-0.2, 0) is 0 Å². The van der Waals surface area contributed by atoms with Crippen LogP contribution in [-0.4, -0.2) is 20.1 Å². The second-order valence-corrected chi connectivity index (χ2v) is 4.93. The summed E-state index contributed by atoms with van der Waals surface area (Å²) in [5.74, 6) is -1.37. The van der Waals surface area contributed by atoms with E-state index in [2.05, 4.69) is 5.32 Å². The van der Waals surface area contributed by atoms with Gasteiger partial charge in [-0.15, -0.1) is 0 Å². The van der Waals surface area contributed by atoms with Crippen LogP contribution >= 0.6 is 0 Å². The minimum Gasteiger partial charge on any atom is -0.497 e. The van der Waals surface area contributed by atoms with Crippen molar-refractivity contribution in [2.45, 2.75) is 13.0 Å². The molecule has 0 aliphatic heterocycles. The second-order valence-electron chi connectivity index (χ2n) is 4.93. The Labute approximate surface area is 133 Å². The average molecular weight is 321 g/mol.